The molecule has 0 saturated carbocycles. The van der Waals surface area contributed by atoms with Crippen LogP contribution in [0.5, 0.6) is 0 Å². The summed E-state index contributed by atoms with van der Waals surface area (Å²) >= 11 is 5.88. The highest BCUT2D eigenvalue weighted by Crippen LogP contribution is 2.38. The van der Waals surface area contributed by atoms with Gasteiger partial charge in [-0.3, -0.25) is 0 Å². The minimum Gasteiger partial charge on any atom is -0.192 e. The van der Waals surface area contributed by atoms with Crippen molar-refractivity contribution in [2.24, 2.45) is 0 Å². The predicted molar refractivity (Wildman–Crippen MR) is 71.0 cm³/mol. The molecule has 0 bridgehead atoms. The normalized spacial score (nSPS) is 10.4. The highest BCUT2D eigenvalue weighted by molar-refractivity contribution is 14.1. The van der Waals surface area contributed by atoms with E-state index in [1.54, 1.807) is 23.1 Å². The lowest BCUT2D eigenvalue weighted by Gasteiger charge is -1.91. The average Bonchev–Trinajstić information content (AvgIpc) is 2.55. The van der Waals surface area contributed by atoms with Gasteiger partial charge in [-0.25, -0.2) is 0 Å². The van der Waals surface area contributed by atoms with Gasteiger partial charge in [0.25, 0.3) is 0 Å². The number of hydrogen-bond donors (Lipinski definition) is 0. The minimum absolute atomic E-state index is 0.739. The van der Waals surface area contributed by atoms with Crippen molar-refractivity contribution >= 4 is 55.8 Å². The van der Waals surface area contributed by atoms with E-state index in [1.165, 1.54) is 17.9 Å². The second kappa shape index (κ2) is 4.09. The fraction of sp³-hybridized carbons (Fsp3) is 0.100. The molecule has 1 aromatic heterocycles. The number of benzene rings is 1. The Morgan fingerprint density at radius 2 is 2.29 bits per heavy atom. The van der Waals surface area contributed by atoms with Crippen LogP contribution in [0.15, 0.2) is 22.4 Å². The lowest BCUT2D eigenvalue weighted by atomic mass is 10.2. The van der Waals surface area contributed by atoms with Crippen LogP contribution >= 0.6 is 45.7 Å². The molecule has 4 heteroatoms. The lowest BCUT2D eigenvalue weighted by Crippen LogP contribution is -1.72. The summed E-state index contributed by atoms with van der Waals surface area (Å²) in [5, 5.41) is 10.0. The fourth-order valence-corrected chi connectivity index (χ4v) is 4.64. The van der Waals surface area contributed by atoms with Crippen molar-refractivity contribution in [2.75, 3.05) is 6.26 Å². The van der Waals surface area contributed by atoms with E-state index in [-0.39, 0.29) is 0 Å². The number of nitriles is 1. The Bertz CT molecular complexity index is 525. The highest BCUT2D eigenvalue weighted by atomic mass is 127. The molecule has 0 unspecified atom stereocenters. The first-order valence-corrected chi connectivity index (χ1v) is 7.04. The van der Waals surface area contributed by atoms with Crippen LogP contribution in [0.25, 0.3) is 10.1 Å². The SMILES string of the molecule is CSc1sc2cc(C#N)ccc2c1I. The van der Waals surface area contributed by atoms with Crippen LogP contribution in [-0.4, -0.2) is 6.26 Å². The topological polar surface area (TPSA) is 23.8 Å². The zero-order valence-electron chi connectivity index (χ0n) is 7.37. The Labute approximate surface area is 104 Å². The maximum Gasteiger partial charge on any atom is 0.0992 e. The minimum atomic E-state index is 0.739. The maximum absolute atomic E-state index is 8.78. The van der Waals surface area contributed by atoms with E-state index in [0.29, 0.717) is 0 Å². The molecule has 2 rings (SSSR count). The van der Waals surface area contributed by atoms with E-state index in [9.17, 15) is 0 Å². The summed E-state index contributed by atoms with van der Waals surface area (Å²) in [5.41, 5.74) is 0.739. The molecule has 0 aliphatic rings. The van der Waals surface area contributed by atoms with Gasteiger partial charge >= 0.3 is 0 Å². The summed E-state index contributed by atoms with van der Waals surface area (Å²) in [6, 6.07) is 8.03. The van der Waals surface area contributed by atoms with Crippen molar-refractivity contribution in [3.63, 3.8) is 0 Å². The molecule has 1 aromatic carbocycles. The molecule has 0 aliphatic carbocycles. The molecule has 0 aliphatic heterocycles. The number of halogens is 1. The van der Waals surface area contributed by atoms with Gasteiger partial charge < -0.3 is 0 Å². The van der Waals surface area contributed by atoms with E-state index in [4.69, 9.17) is 5.26 Å². The zero-order valence-corrected chi connectivity index (χ0v) is 11.2. The molecular weight excluding hydrogens is 325 g/mol. The molecule has 0 radical (unpaired) electrons. The van der Waals surface area contributed by atoms with Gasteiger partial charge in [0.05, 0.1) is 15.8 Å². The quantitative estimate of drug-likeness (QED) is 0.580. The van der Waals surface area contributed by atoms with Crippen LogP contribution in [0.4, 0.5) is 0 Å². The van der Waals surface area contributed by atoms with E-state index in [0.717, 1.165) is 5.56 Å². The summed E-state index contributed by atoms with van der Waals surface area (Å²) < 4.78 is 3.84. The monoisotopic (exact) mass is 331 g/mol. The van der Waals surface area contributed by atoms with E-state index < -0.39 is 0 Å². The summed E-state index contributed by atoms with van der Waals surface area (Å²) in [6.45, 7) is 0. The first-order chi connectivity index (χ1) is 6.76. The van der Waals surface area contributed by atoms with Gasteiger partial charge in [-0.15, -0.1) is 23.1 Å². The van der Waals surface area contributed by atoms with Crippen molar-refractivity contribution in [1.82, 2.24) is 0 Å². The largest absolute Gasteiger partial charge is 0.192 e. The predicted octanol–water partition coefficient (Wildman–Crippen LogP) is 4.10. The molecule has 0 spiro atoms. The molecule has 0 N–H and O–H groups in total. The van der Waals surface area contributed by atoms with Crippen LogP contribution in [0.1, 0.15) is 5.56 Å². The standard InChI is InChI=1S/C10H6INS2/c1-13-10-9(11)7-3-2-6(5-12)4-8(7)14-10/h2-4H,1H3. The Balaban J connectivity index is 2.74. The molecule has 70 valence electrons. The molecule has 1 heterocycles. The Morgan fingerprint density at radius 1 is 1.50 bits per heavy atom. The van der Waals surface area contributed by atoms with Crippen LogP contribution < -0.4 is 0 Å². The van der Waals surface area contributed by atoms with Crippen molar-refractivity contribution in [3.05, 3.63) is 27.3 Å². The number of hydrogen-bond acceptors (Lipinski definition) is 3. The molecule has 1 nitrogen and oxygen atoms in total. The average molecular weight is 331 g/mol. The smallest absolute Gasteiger partial charge is 0.0992 e. The molecule has 14 heavy (non-hydrogen) atoms. The molecule has 0 atom stereocenters. The van der Waals surface area contributed by atoms with E-state index in [1.807, 2.05) is 18.2 Å². The summed E-state index contributed by atoms with van der Waals surface area (Å²) in [5.74, 6) is 0. The second-order valence-corrected chi connectivity index (χ2v) is 5.94. The van der Waals surface area contributed by atoms with Gasteiger partial charge in [0, 0.05) is 13.7 Å². The maximum atomic E-state index is 8.78. The third-order valence-electron chi connectivity index (χ3n) is 1.91. The highest BCUT2D eigenvalue weighted by Gasteiger charge is 2.08. The van der Waals surface area contributed by atoms with Crippen molar-refractivity contribution in [2.45, 2.75) is 4.21 Å². The van der Waals surface area contributed by atoms with Crippen LogP contribution in [0, 0.1) is 14.9 Å². The van der Waals surface area contributed by atoms with Crippen LogP contribution in [0.2, 0.25) is 0 Å². The second-order valence-electron chi connectivity index (χ2n) is 2.73. The van der Waals surface area contributed by atoms with E-state index in [2.05, 4.69) is 34.9 Å². The lowest BCUT2D eigenvalue weighted by molar-refractivity contribution is 1.50. The van der Waals surface area contributed by atoms with Gasteiger partial charge in [-0.1, -0.05) is 6.07 Å². The van der Waals surface area contributed by atoms with Gasteiger partial charge in [0.1, 0.15) is 0 Å². The van der Waals surface area contributed by atoms with Crippen molar-refractivity contribution in [3.8, 4) is 6.07 Å². The molecular formula is C10H6INS2. The molecule has 0 saturated heterocycles. The first-order valence-electron chi connectivity index (χ1n) is 3.92. The number of rotatable bonds is 1. The van der Waals surface area contributed by atoms with Gasteiger partial charge in [0.15, 0.2) is 0 Å². The van der Waals surface area contributed by atoms with Gasteiger partial charge in [-0.05, 0) is 41.0 Å². The van der Waals surface area contributed by atoms with E-state index >= 15 is 0 Å². The third-order valence-corrected chi connectivity index (χ3v) is 6.04. The number of thiophene rings is 1. The summed E-state index contributed by atoms with van der Waals surface area (Å²) in [4.78, 5) is 0. The number of thioether (sulfide) groups is 1. The first kappa shape index (κ1) is 10.3. The molecule has 0 amide bonds. The van der Waals surface area contributed by atoms with Crippen molar-refractivity contribution < 1.29 is 0 Å². The number of fused-ring (bicyclic) bond motifs is 1. The van der Waals surface area contributed by atoms with Gasteiger partial charge in [0.2, 0.25) is 0 Å². The molecule has 2 aromatic rings. The van der Waals surface area contributed by atoms with Gasteiger partial charge in [-0.2, -0.15) is 5.26 Å². The summed E-state index contributed by atoms with van der Waals surface area (Å²) in [6.07, 6.45) is 2.08. The Morgan fingerprint density at radius 3 is 2.93 bits per heavy atom. The Kier molecular flexibility index (Phi) is 3.00. The van der Waals surface area contributed by atoms with Crippen molar-refractivity contribution in [1.29, 1.82) is 5.26 Å². The zero-order chi connectivity index (χ0) is 10.1. The molecule has 0 fully saturated rings. The van der Waals surface area contributed by atoms with Crippen LogP contribution in [-0.2, 0) is 0 Å². The Hall–Kier alpha value is -0.250. The fourth-order valence-electron chi connectivity index (χ4n) is 1.24. The summed E-state index contributed by atoms with van der Waals surface area (Å²) in [7, 11) is 0. The number of nitrogens with zero attached hydrogens (tertiary/aromatic N) is 1. The van der Waals surface area contributed by atoms with Crippen LogP contribution in [0.3, 0.4) is 0 Å². The third kappa shape index (κ3) is 1.64.